The standard InChI is InChI=1S/C11H15NO2/c1-8(2)4-10-5-11(7-12-6-10)14-9(3)13/h5-8H,4H2,1-3H3. The van der Waals surface area contributed by atoms with E-state index >= 15 is 0 Å². The first-order valence-electron chi connectivity index (χ1n) is 4.70. The van der Waals surface area contributed by atoms with E-state index in [4.69, 9.17) is 4.74 Å². The predicted molar refractivity (Wildman–Crippen MR) is 54.1 cm³/mol. The van der Waals surface area contributed by atoms with E-state index < -0.39 is 0 Å². The first kappa shape index (κ1) is 10.7. The van der Waals surface area contributed by atoms with E-state index in [9.17, 15) is 4.79 Å². The van der Waals surface area contributed by atoms with Gasteiger partial charge < -0.3 is 4.74 Å². The second kappa shape index (κ2) is 4.74. The Morgan fingerprint density at radius 2 is 2.21 bits per heavy atom. The van der Waals surface area contributed by atoms with Crippen LogP contribution in [0, 0.1) is 5.92 Å². The van der Waals surface area contributed by atoms with Gasteiger partial charge in [-0.25, -0.2) is 0 Å². The largest absolute Gasteiger partial charge is 0.425 e. The summed E-state index contributed by atoms with van der Waals surface area (Å²) in [7, 11) is 0. The molecule has 3 heteroatoms. The molecule has 0 saturated carbocycles. The molecule has 0 spiro atoms. The lowest BCUT2D eigenvalue weighted by atomic mass is 10.1. The lowest BCUT2D eigenvalue weighted by Crippen LogP contribution is -2.03. The molecule has 0 fully saturated rings. The molecule has 0 aliphatic rings. The van der Waals surface area contributed by atoms with Gasteiger partial charge in [0.15, 0.2) is 0 Å². The summed E-state index contributed by atoms with van der Waals surface area (Å²) in [5, 5.41) is 0. The van der Waals surface area contributed by atoms with Crippen molar-refractivity contribution in [2.24, 2.45) is 5.92 Å². The average Bonchev–Trinajstić information content (AvgIpc) is 2.01. The lowest BCUT2D eigenvalue weighted by Gasteiger charge is -2.06. The highest BCUT2D eigenvalue weighted by Crippen LogP contribution is 2.14. The van der Waals surface area contributed by atoms with Gasteiger partial charge in [-0.3, -0.25) is 9.78 Å². The minimum absolute atomic E-state index is 0.312. The van der Waals surface area contributed by atoms with Crippen LogP contribution in [0.25, 0.3) is 0 Å². The lowest BCUT2D eigenvalue weighted by molar-refractivity contribution is -0.131. The summed E-state index contributed by atoms with van der Waals surface area (Å²) in [6.45, 7) is 5.66. The molecule has 0 aromatic carbocycles. The third kappa shape index (κ3) is 3.56. The summed E-state index contributed by atoms with van der Waals surface area (Å²) >= 11 is 0. The molecule has 0 N–H and O–H groups in total. The smallest absolute Gasteiger partial charge is 0.308 e. The fourth-order valence-corrected chi connectivity index (χ4v) is 1.27. The fraction of sp³-hybridized carbons (Fsp3) is 0.455. The van der Waals surface area contributed by atoms with Crippen LogP contribution in [0.2, 0.25) is 0 Å². The quantitative estimate of drug-likeness (QED) is 0.691. The first-order valence-corrected chi connectivity index (χ1v) is 4.70. The zero-order valence-corrected chi connectivity index (χ0v) is 8.78. The van der Waals surface area contributed by atoms with Crippen LogP contribution < -0.4 is 4.74 Å². The number of hydrogen-bond acceptors (Lipinski definition) is 3. The monoisotopic (exact) mass is 193 g/mol. The van der Waals surface area contributed by atoms with Gasteiger partial charge in [-0.1, -0.05) is 13.8 Å². The molecule has 0 aliphatic heterocycles. The number of nitrogens with zero attached hydrogens (tertiary/aromatic N) is 1. The molecule has 0 unspecified atom stereocenters. The number of pyridine rings is 1. The van der Waals surface area contributed by atoms with Crippen LogP contribution in [0.3, 0.4) is 0 Å². The number of rotatable bonds is 3. The Balaban J connectivity index is 2.73. The van der Waals surface area contributed by atoms with Gasteiger partial charge in [0.05, 0.1) is 6.20 Å². The van der Waals surface area contributed by atoms with E-state index in [1.807, 2.05) is 6.07 Å². The summed E-state index contributed by atoms with van der Waals surface area (Å²) in [6, 6.07) is 1.86. The zero-order valence-electron chi connectivity index (χ0n) is 8.78. The number of carbonyl (C=O) groups excluding carboxylic acids is 1. The molecular formula is C11H15NO2. The molecule has 0 amide bonds. The molecule has 76 valence electrons. The number of aromatic nitrogens is 1. The van der Waals surface area contributed by atoms with Crippen molar-refractivity contribution in [2.75, 3.05) is 0 Å². The van der Waals surface area contributed by atoms with Gasteiger partial charge in [0.25, 0.3) is 0 Å². The molecule has 1 rings (SSSR count). The maximum absolute atomic E-state index is 10.7. The highest BCUT2D eigenvalue weighted by Gasteiger charge is 2.02. The van der Waals surface area contributed by atoms with E-state index in [-0.39, 0.29) is 5.97 Å². The minimum Gasteiger partial charge on any atom is -0.425 e. The van der Waals surface area contributed by atoms with Gasteiger partial charge in [0.1, 0.15) is 5.75 Å². The van der Waals surface area contributed by atoms with E-state index in [1.54, 1.807) is 12.4 Å². The molecule has 3 nitrogen and oxygen atoms in total. The topological polar surface area (TPSA) is 39.2 Å². The number of esters is 1. The Morgan fingerprint density at radius 3 is 2.79 bits per heavy atom. The third-order valence-corrected chi connectivity index (χ3v) is 1.68. The maximum Gasteiger partial charge on any atom is 0.308 e. The fourth-order valence-electron chi connectivity index (χ4n) is 1.27. The Kier molecular flexibility index (Phi) is 3.63. The number of ether oxygens (including phenoxy) is 1. The SMILES string of the molecule is CC(=O)Oc1cncc(CC(C)C)c1. The Morgan fingerprint density at radius 1 is 1.50 bits per heavy atom. The summed E-state index contributed by atoms with van der Waals surface area (Å²) in [4.78, 5) is 14.7. The summed E-state index contributed by atoms with van der Waals surface area (Å²) in [5.74, 6) is 0.786. The van der Waals surface area contributed by atoms with E-state index in [1.165, 1.54) is 6.92 Å². The highest BCUT2D eigenvalue weighted by atomic mass is 16.5. The van der Waals surface area contributed by atoms with Gasteiger partial charge in [0, 0.05) is 13.1 Å². The maximum atomic E-state index is 10.7. The van der Waals surface area contributed by atoms with Crippen LogP contribution in [-0.4, -0.2) is 11.0 Å². The molecule has 0 atom stereocenters. The number of carbonyl (C=O) groups is 1. The van der Waals surface area contributed by atoms with Crippen molar-refractivity contribution in [3.8, 4) is 5.75 Å². The van der Waals surface area contributed by atoms with Gasteiger partial charge in [-0.2, -0.15) is 0 Å². The van der Waals surface area contributed by atoms with Crippen LogP contribution in [0.1, 0.15) is 26.3 Å². The molecule has 1 heterocycles. The molecule has 1 aromatic rings. The zero-order chi connectivity index (χ0) is 10.6. The van der Waals surface area contributed by atoms with Crippen LogP contribution in [0.5, 0.6) is 5.75 Å². The second-order valence-corrected chi connectivity index (χ2v) is 3.72. The second-order valence-electron chi connectivity index (χ2n) is 3.72. The molecular weight excluding hydrogens is 178 g/mol. The molecule has 14 heavy (non-hydrogen) atoms. The molecule has 0 aliphatic carbocycles. The van der Waals surface area contributed by atoms with Crippen LogP contribution in [0.15, 0.2) is 18.5 Å². The van der Waals surface area contributed by atoms with Crippen molar-refractivity contribution in [1.29, 1.82) is 0 Å². The van der Waals surface area contributed by atoms with Crippen LogP contribution in [0.4, 0.5) is 0 Å². The van der Waals surface area contributed by atoms with Crippen molar-refractivity contribution >= 4 is 5.97 Å². The molecule has 1 aromatic heterocycles. The summed E-state index contributed by atoms with van der Waals surface area (Å²) in [5.41, 5.74) is 1.10. The Labute approximate surface area is 84.1 Å². The molecule has 0 saturated heterocycles. The van der Waals surface area contributed by atoms with Gasteiger partial charge in [-0.05, 0) is 24.0 Å². The summed E-state index contributed by atoms with van der Waals surface area (Å²) < 4.78 is 4.94. The summed E-state index contributed by atoms with van der Waals surface area (Å²) in [6.07, 6.45) is 4.29. The van der Waals surface area contributed by atoms with Gasteiger partial charge >= 0.3 is 5.97 Å². The van der Waals surface area contributed by atoms with Crippen molar-refractivity contribution in [3.05, 3.63) is 24.0 Å². The predicted octanol–water partition coefficient (Wildman–Crippen LogP) is 2.21. The van der Waals surface area contributed by atoms with Crippen LogP contribution >= 0.6 is 0 Å². The Hall–Kier alpha value is -1.38. The highest BCUT2D eigenvalue weighted by molar-refractivity contribution is 5.69. The van der Waals surface area contributed by atoms with E-state index in [2.05, 4.69) is 18.8 Å². The van der Waals surface area contributed by atoms with Crippen molar-refractivity contribution in [2.45, 2.75) is 27.2 Å². The third-order valence-electron chi connectivity index (χ3n) is 1.68. The van der Waals surface area contributed by atoms with Crippen LogP contribution in [-0.2, 0) is 11.2 Å². The minimum atomic E-state index is -0.312. The number of hydrogen-bond donors (Lipinski definition) is 0. The Bertz CT molecular complexity index is 321. The van der Waals surface area contributed by atoms with Gasteiger partial charge in [-0.15, -0.1) is 0 Å². The van der Waals surface area contributed by atoms with Gasteiger partial charge in [0.2, 0.25) is 0 Å². The van der Waals surface area contributed by atoms with Crippen molar-refractivity contribution in [3.63, 3.8) is 0 Å². The molecule has 0 bridgehead atoms. The average molecular weight is 193 g/mol. The van der Waals surface area contributed by atoms with Crippen molar-refractivity contribution < 1.29 is 9.53 Å². The first-order chi connectivity index (χ1) is 6.58. The van der Waals surface area contributed by atoms with Crippen molar-refractivity contribution in [1.82, 2.24) is 4.98 Å². The molecule has 0 radical (unpaired) electrons. The normalized spacial score (nSPS) is 10.3. The van der Waals surface area contributed by atoms with E-state index in [0.29, 0.717) is 11.7 Å². The van der Waals surface area contributed by atoms with E-state index in [0.717, 1.165) is 12.0 Å².